The zero-order valence-electron chi connectivity index (χ0n) is 26.5. The molecule has 3 heterocycles. The van der Waals surface area contributed by atoms with E-state index in [1.165, 1.54) is 19.1 Å². The van der Waals surface area contributed by atoms with Crippen molar-refractivity contribution >= 4 is 35.3 Å². The van der Waals surface area contributed by atoms with E-state index in [0.29, 0.717) is 17.9 Å². The molecule has 0 spiro atoms. The molecule has 44 heavy (non-hydrogen) atoms. The molecule has 0 radical (unpaired) electrons. The van der Waals surface area contributed by atoms with Crippen LogP contribution in [0.5, 0.6) is 5.75 Å². The molecule has 0 aliphatic carbocycles. The molecule has 11 nitrogen and oxygen atoms in total. The number of carbonyl (C=O) groups excluding carboxylic acids is 3. The van der Waals surface area contributed by atoms with Crippen molar-refractivity contribution in [3.05, 3.63) is 46.5 Å². The van der Waals surface area contributed by atoms with Gasteiger partial charge in [-0.3, -0.25) is 14.9 Å². The second kappa shape index (κ2) is 13.1. The van der Waals surface area contributed by atoms with Crippen LogP contribution in [0.2, 0.25) is 5.02 Å². The van der Waals surface area contributed by atoms with Crippen LogP contribution in [0.25, 0.3) is 0 Å². The maximum Gasteiger partial charge on any atom is 0.409 e. The molecule has 0 aromatic heterocycles. The Morgan fingerprint density at radius 3 is 2.59 bits per heavy atom. The van der Waals surface area contributed by atoms with E-state index in [2.05, 4.69) is 5.32 Å². The lowest BCUT2D eigenvalue weighted by atomic mass is 9.83. The van der Waals surface area contributed by atoms with Crippen molar-refractivity contribution in [2.75, 3.05) is 26.2 Å². The highest BCUT2D eigenvalue weighted by atomic mass is 35.5. The summed E-state index contributed by atoms with van der Waals surface area (Å²) in [6.45, 7) is 8.95. The van der Waals surface area contributed by atoms with Crippen molar-refractivity contribution in [3.63, 3.8) is 0 Å². The van der Waals surface area contributed by atoms with Crippen molar-refractivity contribution in [2.24, 2.45) is 11.8 Å². The quantitative estimate of drug-likeness (QED) is 0.366. The third kappa shape index (κ3) is 6.91. The number of benzene rings is 1. The van der Waals surface area contributed by atoms with E-state index in [9.17, 15) is 19.5 Å². The third-order valence-electron chi connectivity index (χ3n) is 8.68. The first kappa shape index (κ1) is 33.8. The van der Waals surface area contributed by atoms with Gasteiger partial charge in [0.2, 0.25) is 5.91 Å². The third-order valence-corrected chi connectivity index (χ3v) is 9.06. The summed E-state index contributed by atoms with van der Waals surface area (Å²) in [7, 11) is 4.56. The van der Waals surface area contributed by atoms with Crippen LogP contribution in [0.15, 0.2) is 35.9 Å². The minimum absolute atomic E-state index is 0.00361. The van der Waals surface area contributed by atoms with Crippen LogP contribution in [0, 0.1) is 11.8 Å². The molecule has 3 aliphatic rings. The number of fused-ring (bicyclic) bond motifs is 5. The standard InChI is InChI=1S/C32H43ClN2O9/c1-17(2)29(37)43-25-15-26(36)35(6)21-13-20(14-22(40-7)27(21)33)12-18(3)10-9-11-24(41-8)32(39)16-23(42-30(38)34-32)19(4)28-31(25,5)44-28/h9-11,13-14,17,19,23-25,28,39H,12,15-16H2,1-8H3,(H,34,38)/b11-9+,18-10+. The largest absolute Gasteiger partial charge is 0.495 e. The van der Waals surface area contributed by atoms with Gasteiger partial charge in [-0.1, -0.05) is 56.2 Å². The predicted molar refractivity (Wildman–Crippen MR) is 164 cm³/mol. The van der Waals surface area contributed by atoms with Gasteiger partial charge in [0.05, 0.1) is 31.2 Å². The number of alkyl carbamates (subject to hydrolysis) is 1. The second-order valence-corrected chi connectivity index (χ2v) is 12.8. The summed E-state index contributed by atoms with van der Waals surface area (Å²) in [4.78, 5) is 40.7. The Bertz CT molecular complexity index is 1350. The molecule has 4 bridgehead atoms. The Labute approximate surface area is 263 Å². The molecule has 0 saturated carbocycles. The van der Waals surface area contributed by atoms with Crippen LogP contribution in [0.4, 0.5) is 10.5 Å². The number of hydrogen-bond acceptors (Lipinski definition) is 9. The molecule has 2 fully saturated rings. The Hall–Kier alpha value is -3.12. The zero-order chi connectivity index (χ0) is 32.6. The van der Waals surface area contributed by atoms with Gasteiger partial charge in [0.15, 0.2) is 5.72 Å². The summed E-state index contributed by atoms with van der Waals surface area (Å²) in [6.07, 6.45) is 1.65. The lowest BCUT2D eigenvalue weighted by molar-refractivity contribution is -0.157. The topological polar surface area (TPSA) is 136 Å². The van der Waals surface area contributed by atoms with Gasteiger partial charge in [0, 0.05) is 26.5 Å². The molecule has 4 rings (SSSR count). The van der Waals surface area contributed by atoms with Gasteiger partial charge in [0.25, 0.3) is 0 Å². The van der Waals surface area contributed by atoms with Gasteiger partial charge in [-0.25, -0.2) is 4.79 Å². The molecule has 12 heteroatoms. The molecule has 2 saturated heterocycles. The molecular formula is C32H43ClN2O9. The Balaban J connectivity index is 1.80. The highest BCUT2D eigenvalue weighted by molar-refractivity contribution is 6.35. The SMILES string of the molecule is COc1cc2cc(c1Cl)N(C)C(=O)CC(OC(=O)C(C)C)C1(C)OC1C(C)C1CC(O)(NC(=O)O1)C(OC)/C=C/C=C(\C)C2. The normalized spacial score (nSPS) is 34.7. The number of nitrogens with zero attached hydrogens (tertiary/aromatic N) is 1. The monoisotopic (exact) mass is 634 g/mol. The summed E-state index contributed by atoms with van der Waals surface area (Å²) >= 11 is 6.68. The van der Waals surface area contributed by atoms with Crippen molar-refractivity contribution in [1.82, 2.24) is 5.32 Å². The number of rotatable bonds is 4. The van der Waals surface area contributed by atoms with E-state index in [-0.39, 0.29) is 23.8 Å². The molecule has 1 aromatic carbocycles. The van der Waals surface area contributed by atoms with Crippen molar-refractivity contribution in [2.45, 2.75) is 89.6 Å². The number of aliphatic hydroxyl groups is 1. The first-order valence-corrected chi connectivity index (χ1v) is 15.1. The van der Waals surface area contributed by atoms with Crippen LogP contribution < -0.4 is 15.0 Å². The number of hydrogen-bond donors (Lipinski definition) is 2. The lowest BCUT2D eigenvalue weighted by Crippen LogP contribution is -2.63. The molecule has 3 aliphatic heterocycles. The first-order chi connectivity index (χ1) is 20.6. The van der Waals surface area contributed by atoms with Crippen LogP contribution in [0.1, 0.15) is 53.0 Å². The number of epoxide rings is 1. The molecule has 2 amide bonds. The van der Waals surface area contributed by atoms with E-state index in [1.54, 1.807) is 40.0 Å². The molecule has 242 valence electrons. The molecular weight excluding hydrogens is 592 g/mol. The van der Waals surface area contributed by atoms with Crippen molar-refractivity contribution < 1.29 is 43.2 Å². The van der Waals surface area contributed by atoms with E-state index in [4.69, 9.17) is 35.3 Å². The first-order valence-electron chi connectivity index (χ1n) is 14.7. The molecule has 7 atom stereocenters. The fourth-order valence-electron chi connectivity index (χ4n) is 5.88. The average molecular weight is 635 g/mol. The van der Waals surface area contributed by atoms with Gasteiger partial charge >= 0.3 is 12.1 Å². The summed E-state index contributed by atoms with van der Waals surface area (Å²) in [5.41, 5.74) is -0.587. The summed E-state index contributed by atoms with van der Waals surface area (Å²) in [5, 5.41) is 14.4. The maximum absolute atomic E-state index is 13.8. The minimum Gasteiger partial charge on any atom is -0.495 e. The number of nitrogens with one attached hydrogen (secondary N) is 1. The van der Waals surface area contributed by atoms with Crippen LogP contribution in [0.3, 0.4) is 0 Å². The highest BCUT2D eigenvalue weighted by Crippen LogP contribution is 2.49. The van der Waals surface area contributed by atoms with Gasteiger partial charge < -0.3 is 33.7 Å². The van der Waals surface area contributed by atoms with Gasteiger partial charge in [-0.15, -0.1) is 0 Å². The summed E-state index contributed by atoms with van der Waals surface area (Å²) < 4.78 is 28.8. The second-order valence-electron chi connectivity index (χ2n) is 12.4. The predicted octanol–water partition coefficient (Wildman–Crippen LogP) is 4.32. The van der Waals surface area contributed by atoms with Gasteiger partial charge in [0.1, 0.15) is 34.7 Å². The van der Waals surface area contributed by atoms with E-state index in [0.717, 1.165) is 11.1 Å². The Kier molecular flexibility index (Phi) is 10.0. The average Bonchev–Trinajstić information content (AvgIpc) is 3.66. The number of allylic oxidation sites excluding steroid dienone is 3. The maximum atomic E-state index is 13.8. The summed E-state index contributed by atoms with van der Waals surface area (Å²) in [6, 6.07) is 3.63. The molecule has 2 N–H and O–H groups in total. The smallest absolute Gasteiger partial charge is 0.409 e. The number of carbonyl (C=O) groups is 3. The van der Waals surface area contributed by atoms with E-state index in [1.807, 2.05) is 32.1 Å². The molecule has 7 unspecified atom stereocenters. The molecule has 1 aromatic rings. The van der Waals surface area contributed by atoms with Crippen LogP contribution >= 0.6 is 11.6 Å². The number of ether oxygens (including phenoxy) is 5. The summed E-state index contributed by atoms with van der Waals surface area (Å²) in [5.74, 6) is -1.30. The van der Waals surface area contributed by atoms with E-state index >= 15 is 0 Å². The fraction of sp³-hybridized carbons (Fsp3) is 0.594. The van der Waals surface area contributed by atoms with Gasteiger partial charge in [-0.05, 0) is 38.0 Å². The van der Waals surface area contributed by atoms with Crippen molar-refractivity contribution in [1.29, 1.82) is 0 Å². The zero-order valence-corrected chi connectivity index (χ0v) is 27.3. The van der Waals surface area contributed by atoms with Crippen LogP contribution in [-0.4, -0.2) is 80.1 Å². The van der Waals surface area contributed by atoms with Crippen molar-refractivity contribution in [3.8, 4) is 5.75 Å². The minimum atomic E-state index is -1.77. The Morgan fingerprint density at radius 1 is 1.25 bits per heavy atom. The lowest BCUT2D eigenvalue weighted by Gasteiger charge is -2.42. The number of esters is 1. The Morgan fingerprint density at radius 2 is 1.95 bits per heavy atom. The van der Waals surface area contributed by atoms with Crippen LogP contribution in [-0.2, 0) is 35.0 Å². The highest BCUT2D eigenvalue weighted by Gasteiger charge is 2.64. The van der Waals surface area contributed by atoms with Gasteiger partial charge in [-0.2, -0.15) is 0 Å². The number of halogens is 1. The number of anilines is 1. The number of amides is 2. The number of methoxy groups -OCH3 is 2. The fourth-order valence-corrected chi connectivity index (χ4v) is 6.19. The van der Waals surface area contributed by atoms with E-state index < -0.39 is 59.6 Å².